The first-order valence-electron chi connectivity index (χ1n) is 5.52. The van der Waals surface area contributed by atoms with E-state index in [1.54, 1.807) is 12.1 Å². The quantitative estimate of drug-likeness (QED) is 0.743. The van der Waals surface area contributed by atoms with Gasteiger partial charge < -0.3 is 0 Å². The van der Waals surface area contributed by atoms with Crippen LogP contribution in [0.3, 0.4) is 0 Å². The molecule has 0 aliphatic rings. The SMILES string of the molecule is CC(=O)CC(=O)Nn1c(=O)[nH]c(=O)c2ccccc21. The molecule has 0 aliphatic carbocycles. The van der Waals surface area contributed by atoms with Gasteiger partial charge in [0.1, 0.15) is 5.78 Å². The number of carbonyl (C=O) groups is 2. The normalized spacial score (nSPS) is 10.4. The number of aromatic amines is 1. The molecule has 7 heteroatoms. The van der Waals surface area contributed by atoms with E-state index in [4.69, 9.17) is 0 Å². The van der Waals surface area contributed by atoms with E-state index in [1.165, 1.54) is 19.1 Å². The second-order valence-electron chi connectivity index (χ2n) is 4.03. The molecule has 2 rings (SSSR count). The van der Waals surface area contributed by atoms with Gasteiger partial charge in [0.2, 0.25) is 5.91 Å². The Morgan fingerprint density at radius 2 is 1.95 bits per heavy atom. The number of Topliss-reactive ketones (excluding diaryl/α,β-unsaturated/α-hetero) is 1. The second-order valence-corrected chi connectivity index (χ2v) is 4.03. The Morgan fingerprint density at radius 3 is 2.63 bits per heavy atom. The molecular formula is C12H11N3O4. The van der Waals surface area contributed by atoms with Crippen LogP contribution in [0, 0.1) is 0 Å². The third-order valence-electron chi connectivity index (χ3n) is 2.46. The number of aromatic nitrogens is 2. The van der Waals surface area contributed by atoms with Gasteiger partial charge in [-0.3, -0.25) is 24.8 Å². The lowest BCUT2D eigenvalue weighted by Gasteiger charge is -2.09. The van der Waals surface area contributed by atoms with Crippen LogP contribution >= 0.6 is 0 Å². The van der Waals surface area contributed by atoms with Crippen LogP contribution in [0.25, 0.3) is 10.9 Å². The number of fused-ring (bicyclic) bond motifs is 1. The number of ketones is 1. The highest BCUT2D eigenvalue weighted by Crippen LogP contribution is 2.05. The molecule has 0 fully saturated rings. The zero-order chi connectivity index (χ0) is 14.0. The molecule has 1 aromatic carbocycles. The summed E-state index contributed by atoms with van der Waals surface area (Å²) in [5.74, 6) is -0.939. The van der Waals surface area contributed by atoms with Crippen LogP contribution in [-0.4, -0.2) is 21.4 Å². The number of hydrogen-bond donors (Lipinski definition) is 2. The zero-order valence-electron chi connectivity index (χ0n) is 10.1. The maximum absolute atomic E-state index is 11.7. The fraction of sp³-hybridized carbons (Fsp3) is 0.167. The second kappa shape index (κ2) is 4.89. The number of nitrogens with one attached hydrogen (secondary N) is 2. The molecule has 0 saturated heterocycles. The van der Waals surface area contributed by atoms with Crippen molar-refractivity contribution in [3.8, 4) is 0 Å². The Kier molecular flexibility index (Phi) is 3.28. The Balaban J connectivity index is 2.54. The topological polar surface area (TPSA) is 101 Å². The number of benzene rings is 1. The molecule has 0 unspecified atom stereocenters. The van der Waals surface area contributed by atoms with Gasteiger partial charge in [-0.2, -0.15) is 0 Å². The average Bonchev–Trinajstić information content (AvgIpc) is 2.33. The van der Waals surface area contributed by atoms with Crippen molar-refractivity contribution in [2.24, 2.45) is 0 Å². The van der Waals surface area contributed by atoms with Crippen LogP contribution in [0.5, 0.6) is 0 Å². The lowest BCUT2D eigenvalue weighted by molar-refractivity contribution is -0.124. The third kappa shape index (κ3) is 2.59. The first kappa shape index (κ1) is 12.7. The van der Waals surface area contributed by atoms with Crippen molar-refractivity contribution in [3.63, 3.8) is 0 Å². The van der Waals surface area contributed by atoms with Crippen LogP contribution in [0.1, 0.15) is 13.3 Å². The first-order chi connectivity index (χ1) is 8.99. The van der Waals surface area contributed by atoms with Gasteiger partial charge in [-0.15, -0.1) is 0 Å². The van der Waals surface area contributed by atoms with Crippen molar-refractivity contribution >= 4 is 22.6 Å². The summed E-state index contributed by atoms with van der Waals surface area (Å²) in [6.07, 6.45) is -0.333. The molecule has 0 spiro atoms. The van der Waals surface area contributed by atoms with Gasteiger partial charge >= 0.3 is 5.69 Å². The molecule has 1 amide bonds. The van der Waals surface area contributed by atoms with Crippen molar-refractivity contribution in [2.45, 2.75) is 13.3 Å². The molecule has 1 aromatic heterocycles. The predicted octanol–water partition coefficient (Wildman–Crippen LogP) is -0.261. The Labute approximate surface area is 106 Å². The summed E-state index contributed by atoms with van der Waals surface area (Å²) in [5.41, 5.74) is 1.26. The monoisotopic (exact) mass is 261 g/mol. The molecule has 2 N–H and O–H groups in total. The highest BCUT2D eigenvalue weighted by molar-refractivity contribution is 6.00. The molecule has 2 aromatic rings. The number of H-pyrrole nitrogens is 1. The van der Waals surface area contributed by atoms with Gasteiger partial charge in [0.25, 0.3) is 5.56 Å². The Hall–Kier alpha value is -2.70. The Bertz CT molecular complexity index is 772. The van der Waals surface area contributed by atoms with Crippen molar-refractivity contribution in [2.75, 3.05) is 5.43 Å². The van der Waals surface area contributed by atoms with Crippen molar-refractivity contribution in [1.82, 2.24) is 9.66 Å². The maximum atomic E-state index is 11.7. The van der Waals surface area contributed by atoms with Gasteiger partial charge in [-0.1, -0.05) is 12.1 Å². The van der Waals surface area contributed by atoms with E-state index in [9.17, 15) is 19.2 Å². The van der Waals surface area contributed by atoms with Crippen molar-refractivity contribution < 1.29 is 9.59 Å². The van der Waals surface area contributed by atoms with Crippen LogP contribution in [0.2, 0.25) is 0 Å². The van der Waals surface area contributed by atoms with Crippen LogP contribution in [-0.2, 0) is 9.59 Å². The minimum atomic E-state index is -0.763. The van der Waals surface area contributed by atoms with Gasteiger partial charge in [0.15, 0.2) is 0 Å². The fourth-order valence-corrected chi connectivity index (χ4v) is 1.69. The lowest BCUT2D eigenvalue weighted by atomic mass is 10.2. The summed E-state index contributed by atoms with van der Waals surface area (Å²) in [4.78, 5) is 47.7. The molecule has 0 saturated carbocycles. The fourth-order valence-electron chi connectivity index (χ4n) is 1.69. The number of hydrogen-bond acceptors (Lipinski definition) is 4. The van der Waals surface area contributed by atoms with Gasteiger partial charge in [-0.05, 0) is 19.1 Å². The number of para-hydroxylation sites is 1. The van der Waals surface area contributed by atoms with Crippen LogP contribution in [0.4, 0.5) is 0 Å². The molecule has 0 atom stereocenters. The molecule has 98 valence electrons. The van der Waals surface area contributed by atoms with E-state index in [2.05, 4.69) is 10.4 Å². The van der Waals surface area contributed by atoms with Gasteiger partial charge in [-0.25, -0.2) is 9.47 Å². The molecule has 19 heavy (non-hydrogen) atoms. The summed E-state index contributed by atoms with van der Waals surface area (Å²) < 4.78 is 0.919. The smallest absolute Gasteiger partial charge is 0.299 e. The van der Waals surface area contributed by atoms with E-state index in [0.29, 0.717) is 0 Å². The summed E-state index contributed by atoms with van der Waals surface area (Å²) in [6.45, 7) is 1.27. The number of rotatable bonds is 3. The molecule has 0 bridgehead atoms. The van der Waals surface area contributed by atoms with Crippen LogP contribution in [0.15, 0.2) is 33.9 Å². The van der Waals surface area contributed by atoms with E-state index in [1.807, 2.05) is 0 Å². The molecule has 0 radical (unpaired) electrons. The van der Waals surface area contributed by atoms with E-state index in [-0.39, 0.29) is 23.1 Å². The van der Waals surface area contributed by atoms with E-state index < -0.39 is 17.2 Å². The number of nitrogens with zero attached hydrogens (tertiary/aromatic N) is 1. The summed E-state index contributed by atoms with van der Waals surface area (Å²) in [5, 5.41) is 0.269. The number of carbonyl (C=O) groups excluding carboxylic acids is 2. The molecule has 0 aliphatic heterocycles. The zero-order valence-corrected chi connectivity index (χ0v) is 10.1. The lowest BCUT2D eigenvalue weighted by Crippen LogP contribution is -2.38. The highest BCUT2D eigenvalue weighted by atomic mass is 16.2. The maximum Gasteiger partial charge on any atom is 0.347 e. The third-order valence-corrected chi connectivity index (χ3v) is 2.46. The van der Waals surface area contributed by atoms with Crippen molar-refractivity contribution in [1.29, 1.82) is 0 Å². The predicted molar refractivity (Wildman–Crippen MR) is 68.5 cm³/mol. The first-order valence-corrected chi connectivity index (χ1v) is 5.52. The van der Waals surface area contributed by atoms with Gasteiger partial charge in [0.05, 0.1) is 17.3 Å². The molecule has 1 heterocycles. The standard InChI is InChI=1S/C12H11N3O4/c1-7(16)6-10(17)14-15-9-5-3-2-4-8(9)11(18)13-12(15)19/h2-5H,6H2,1H3,(H,14,17)(H,13,18,19). The molecule has 7 nitrogen and oxygen atoms in total. The average molecular weight is 261 g/mol. The van der Waals surface area contributed by atoms with Crippen LogP contribution < -0.4 is 16.7 Å². The largest absolute Gasteiger partial charge is 0.347 e. The Morgan fingerprint density at radius 1 is 1.26 bits per heavy atom. The van der Waals surface area contributed by atoms with E-state index in [0.717, 1.165) is 4.68 Å². The molecular weight excluding hydrogens is 250 g/mol. The van der Waals surface area contributed by atoms with Gasteiger partial charge in [0, 0.05) is 0 Å². The minimum absolute atomic E-state index is 0.269. The van der Waals surface area contributed by atoms with Crippen molar-refractivity contribution in [3.05, 3.63) is 45.1 Å². The summed E-state index contributed by atoms with van der Waals surface area (Å²) in [6, 6.07) is 6.33. The highest BCUT2D eigenvalue weighted by Gasteiger charge is 2.10. The minimum Gasteiger partial charge on any atom is -0.299 e. The summed E-state index contributed by atoms with van der Waals surface area (Å²) in [7, 11) is 0. The number of amides is 1. The van der Waals surface area contributed by atoms with E-state index >= 15 is 0 Å². The summed E-state index contributed by atoms with van der Waals surface area (Å²) >= 11 is 0.